The van der Waals surface area contributed by atoms with E-state index in [-0.39, 0.29) is 18.7 Å². The fraction of sp³-hybridized carbons (Fsp3) is 0.208. The van der Waals surface area contributed by atoms with Crippen LogP contribution in [0.1, 0.15) is 22.8 Å². The van der Waals surface area contributed by atoms with Crippen LogP contribution in [-0.4, -0.2) is 45.2 Å². The minimum atomic E-state index is 0.0506. The molecule has 0 radical (unpaired) electrons. The summed E-state index contributed by atoms with van der Waals surface area (Å²) in [6.07, 6.45) is 4.39. The lowest BCUT2D eigenvalue weighted by atomic mass is 10.1. The number of anilines is 1. The first kappa shape index (κ1) is 18.7. The van der Waals surface area contributed by atoms with Crippen LogP contribution in [0.25, 0.3) is 22.2 Å². The van der Waals surface area contributed by atoms with E-state index in [1.807, 2.05) is 53.4 Å². The molecular formula is C24H21N5O3. The number of benzene rings is 2. The minimum absolute atomic E-state index is 0.0506. The molecule has 160 valence electrons. The van der Waals surface area contributed by atoms with E-state index in [9.17, 15) is 4.79 Å². The molecule has 1 fully saturated rings. The molecule has 6 rings (SSSR count). The summed E-state index contributed by atoms with van der Waals surface area (Å²) in [5.74, 6) is 1.92. The van der Waals surface area contributed by atoms with E-state index in [4.69, 9.17) is 15.2 Å². The molecule has 2 aliphatic heterocycles. The van der Waals surface area contributed by atoms with Gasteiger partial charge in [0, 0.05) is 30.4 Å². The second-order valence-electron chi connectivity index (χ2n) is 8.04. The Hall–Kier alpha value is -4.07. The van der Waals surface area contributed by atoms with Crippen LogP contribution in [0, 0.1) is 0 Å². The van der Waals surface area contributed by atoms with Crippen molar-refractivity contribution in [2.75, 3.05) is 25.6 Å². The van der Waals surface area contributed by atoms with Crippen molar-refractivity contribution in [1.82, 2.24) is 19.4 Å². The number of carbonyl (C=O) groups is 1. The normalized spacial score (nSPS) is 17.2. The molecule has 2 aromatic carbocycles. The molecule has 32 heavy (non-hydrogen) atoms. The zero-order valence-corrected chi connectivity index (χ0v) is 17.3. The van der Waals surface area contributed by atoms with Crippen molar-refractivity contribution in [3.05, 3.63) is 66.6 Å². The van der Waals surface area contributed by atoms with Crippen LogP contribution >= 0.6 is 0 Å². The van der Waals surface area contributed by atoms with Gasteiger partial charge in [0.15, 0.2) is 11.5 Å². The van der Waals surface area contributed by atoms with Crippen molar-refractivity contribution in [3.8, 4) is 22.6 Å². The summed E-state index contributed by atoms with van der Waals surface area (Å²) in [5.41, 5.74) is 9.65. The number of rotatable bonds is 3. The summed E-state index contributed by atoms with van der Waals surface area (Å²) in [5, 5.41) is 0.805. The Morgan fingerprint density at radius 2 is 1.91 bits per heavy atom. The number of hydrogen-bond acceptors (Lipinski definition) is 6. The number of nitrogens with zero attached hydrogens (tertiary/aromatic N) is 4. The number of nitrogens with two attached hydrogens (primary N) is 1. The van der Waals surface area contributed by atoms with E-state index in [0.717, 1.165) is 34.3 Å². The highest BCUT2D eigenvalue weighted by Crippen LogP contribution is 2.40. The van der Waals surface area contributed by atoms with Crippen molar-refractivity contribution in [1.29, 1.82) is 0 Å². The maximum Gasteiger partial charge on any atom is 0.253 e. The van der Waals surface area contributed by atoms with Gasteiger partial charge in [-0.05, 0) is 36.2 Å². The van der Waals surface area contributed by atoms with Gasteiger partial charge in [-0.15, -0.1) is 0 Å². The summed E-state index contributed by atoms with van der Waals surface area (Å²) >= 11 is 0. The fourth-order valence-corrected chi connectivity index (χ4v) is 4.59. The average Bonchev–Trinajstić information content (AvgIpc) is 3.57. The summed E-state index contributed by atoms with van der Waals surface area (Å²) in [6, 6.07) is 15.3. The third-order valence-corrected chi connectivity index (χ3v) is 6.19. The lowest BCUT2D eigenvalue weighted by Crippen LogP contribution is -2.29. The molecule has 8 nitrogen and oxygen atoms in total. The molecule has 2 aliphatic rings. The molecule has 0 aliphatic carbocycles. The van der Waals surface area contributed by atoms with Crippen molar-refractivity contribution in [2.45, 2.75) is 12.5 Å². The number of carbonyl (C=O) groups excluding carboxylic acids is 1. The van der Waals surface area contributed by atoms with E-state index in [1.54, 1.807) is 0 Å². The van der Waals surface area contributed by atoms with Crippen LogP contribution in [0.15, 0.2) is 61.1 Å². The molecule has 0 saturated carbocycles. The number of amides is 1. The van der Waals surface area contributed by atoms with Crippen LogP contribution in [0.5, 0.6) is 11.5 Å². The first-order chi connectivity index (χ1) is 15.7. The lowest BCUT2D eigenvalue weighted by Gasteiger charge is -2.17. The van der Waals surface area contributed by atoms with Gasteiger partial charge >= 0.3 is 0 Å². The Labute approximate surface area is 184 Å². The fourth-order valence-electron chi connectivity index (χ4n) is 4.59. The Morgan fingerprint density at radius 1 is 1.06 bits per heavy atom. The molecule has 4 aromatic rings. The molecule has 2 N–H and O–H groups in total. The Bertz CT molecular complexity index is 1330. The molecule has 1 saturated heterocycles. The first-order valence-corrected chi connectivity index (χ1v) is 10.5. The van der Waals surface area contributed by atoms with Gasteiger partial charge in [0.1, 0.15) is 17.8 Å². The smallest absolute Gasteiger partial charge is 0.253 e. The van der Waals surface area contributed by atoms with E-state index >= 15 is 0 Å². The number of likely N-dealkylation sites (tertiary alicyclic amines) is 1. The highest BCUT2D eigenvalue weighted by molar-refractivity contribution is 6.01. The number of aromatic nitrogens is 3. The Morgan fingerprint density at radius 3 is 2.78 bits per heavy atom. The van der Waals surface area contributed by atoms with Gasteiger partial charge in [0.25, 0.3) is 5.91 Å². The van der Waals surface area contributed by atoms with Gasteiger partial charge < -0.3 is 24.7 Å². The molecule has 0 bridgehead atoms. The second-order valence-corrected chi connectivity index (χ2v) is 8.04. The molecule has 4 heterocycles. The predicted molar refractivity (Wildman–Crippen MR) is 119 cm³/mol. The van der Waals surface area contributed by atoms with Crippen LogP contribution in [-0.2, 0) is 0 Å². The lowest BCUT2D eigenvalue weighted by molar-refractivity contribution is 0.0788. The maximum atomic E-state index is 12.9. The summed E-state index contributed by atoms with van der Waals surface area (Å²) < 4.78 is 13.1. The SMILES string of the molecule is Nc1ncnc2c1c(-c1ccc3c(c1)OCO3)cn2[C@H]1CCN(C(=O)c2ccccc2)C1. The van der Waals surface area contributed by atoms with Crippen LogP contribution in [0.4, 0.5) is 5.82 Å². The highest BCUT2D eigenvalue weighted by atomic mass is 16.7. The topological polar surface area (TPSA) is 95.5 Å². The monoisotopic (exact) mass is 427 g/mol. The second kappa shape index (κ2) is 7.26. The molecule has 1 amide bonds. The quantitative estimate of drug-likeness (QED) is 0.538. The van der Waals surface area contributed by atoms with E-state index in [2.05, 4.69) is 20.7 Å². The average molecular weight is 427 g/mol. The Balaban J connectivity index is 1.38. The molecule has 8 heteroatoms. The van der Waals surface area contributed by atoms with Gasteiger partial charge in [-0.1, -0.05) is 24.3 Å². The molecule has 1 atom stereocenters. The number of hydrogen-bond donors (Lipinski definition) is 1. The van der Waals surface area contributed by atoms with Crippen molar-refractivity contribution in [3.63, 3.8) is 0 Å². The van der Waals surface area contributed by atoms with Gasteiger partial charge in [-0.3, -0.25) is 4.79 Å². The van der Waals surface area contributed by atoms with Crippen LogP contribution < -0.4 is 15.2 Å². The van der Waals surface area contributed by atoms with Gasteiger partial charge in [0.05, 0.1) is 11.4 Å². The molecule has 0 unspecified atom stereocenters. The van der Waals surface area contributed by atoms with E-state index in [0.29, 0.717) is 30.2 Å². The molecular weight excluding hydrogens is 406 g/mol. The highest BCUT2D eigenvalue weighted by Gasteiger charge is 2.30. The zero-order chi connectivity index (χ0) is 21.7. The van der Waals surface area contributed by atoms with Gasteiger partial charge in [-0.2, -0.15) is 0 Å². The van der Waals surface area contributed by atoms with E-state index < -0.39 is 0 Å². The third-order valence-electron chi connectivity index (χ3n) is 6.19. The van der Waals surface area contributed by atoms with Gasteiger partial charge in [-0.25, -0.2) is 9.97 Å². The number of nitrogen functional groups attached to an aromatic ring is 1. The van der Waals surface area contributed by atoms with Crippen molar-refractivity contribution >= 4 is 22.8 Å². The first-order valence-electron chi connectivity index (χ1n) is 10.5. The summed E-state index contributed by atoms with van der Waals surface area (Å²) in [4.78, 5) is 23.6. The Kier molecular flexibility index (Phi) is 4.24. The summed E-state index contributed by atoms with van der Waals surface area (Å²) in [7, 11) is 0. The number of fused-ring (bicyclic) bond motifs is 2. The van der Waals surface area contributed by atoms with Crippen molar-refractivity contribution in [2.24, 2.45) is 0 Å². The zero-order valence-electron chi connectivity index (χ0n) is 17.3. The predicted octanol–water partition coefficient (Wildman–Crippen LogP) is 3.50. The third kappa shape index (κ3) is 2.95. The minimum Gasteiger partial charge on any atom is -0.454 e. The van der Waals surface area contributed by atoms with Gasteiger partial charge in [0.2, 0.25) is 6.79 Å². The largest absolute Gasteiger partial charge is 0.454 e. The van der Waals surface area contributed by atoms with Crippen LogP contribution in [0.3, 0.4) is 0 Å². The molecule has 2 aromatic heterocycles. The maximum absolute atomic E-state index is 12.9. The number of ether oxygens (including phenoxy) is 2. The molecule has 0 spiro atoms. The standard InChI is InChI=1S/C24H21N5O3/c25-22-21-18(16-6-7-19-20(10-16)32-14-31-19)12-29(23(21)27-13-26-22)17-8-9-28(11-17)24(30)15-4-2-1-3-5-15/h1-7,10,12-13,17H,8-9,11,14H2,(H2,25,26,27)/t17-/m0/s1. The van der Waals surface area contributed by atoms with E-state index in [1.165, 1.54) is 6.33 Å². The van der Waals surface area contributed by atoms with Crippen molar-refractivity contribution < 1.29 is 14.3 Å². The van der Waals surface area contributed by atoms with Crippen LogP contribution in [0.2, 0.25) is 0 Å². The summed E-state index contributed by atoms with van der Waals surface area (Å²) in [6.45, 7) is 1.53.